The molecule has 2 heteroatoms. The standard InChI is InChI=1S/C13H20BrN/c1-5-12(9(2)3)15-13-8-11(14)7-6-10(13)4/h6-9,12,15H,5H2,1-4H3. The van der Waals surface area contributed by atoms with E-state index in [0.717, 1.165) is 10.9 Å². The van der Waals surface area contributed by atoms with Crippen LogP contribution in [-0.2, 0) is 0 Å². The van der Waals surface area contributed by atoms with Crippen LogP contribution in [0.1, 0.15) is 32.8 Å². The molecule has 0 aromatic heterocycles. The van der Waals surface area contributed by atoms with E-state index in [0.29, 0.717) is 12.0 Å². The second-order valence-electron chi connectivity index (χ2n) is 4.36. The van der Waals surface area contributed by atoms with Gasteiger partial charge in [0.2, 0.25) is 0 Å². The fraction of sp³-hybridized carbons (Fsp3) is 0.538. The summed E-state index contributed by atoms with van der Waals surface area (Å²) in [5, 5.41) is 3.61. The van der Waals surface area contributed by atoms with Crippen molar-refractivity contribution in [3.05, 3.63) is 28.2 Å². The lowest BCUT2D eigenvalue weighted by atomic mass is 10.0. The van der Waals surface area contributed by atoms with Crippen molar-refractivity contribution < 1.29 is 0 Å². The molecule has 84 valence electrons. The van der Waals surface area contributed by atoms with Gasteiger partial charge in [-0.2, -0.15) is 0 Å². The number of anilines is 1. The number of hydrogen-bond donors (Lipinski definition) is 1. The number of aryl methyl sites for hydroxylation is 1. The van der Waals surface area contributed by atoms with Gasteiger partial charge in [0.15, 0.2) is 0 Å². The smallest absolute Gasteiger partial charge is 0.0383 e. The first-order chi connectivity index (χ1) is 7.04. The Balaban J connectivity index is 2.82. The van der Waals surface area contributed by atoms with Gasteiger partial charge in [-0.15, -0.1) is 0 Å². The number of halogens is 1. The highest BCUT2D eigenvalue weighted by atomic mass is 79.9. The van der Waals surface area contributed by atoms with E-state index in [2.05, 4.69) is 67.1 Å². The van der Waals surface area contributed by atoms with Crippen LogP contribution in [0.5, 0.6) is 0 Å². The Hall–Kier alpha value is -0.500. The molecule has 1 atom stereocenters. The number of benzene rings is 1. The fourth-order valence-corrected chi connectivity index (χ4v) is 2.05. The summed E-state index contributed by atoms with van der Waals surface area (Å²) in [4.78, 5) is 0. The van der Waals surface area contributed by atoms with Gasteiger partial charge in [0.05, 0.1) is 0 Å². The molecule has 0 spiro atoms. The van der Waals surface area contributed by atoms with E-state index < -0.39 is 0 Å². The summed E-state index contributed by atoms with van der Waals surface area (Å²) in [6, 6.07) is 6.93. The zero-order valence-electron chi connectivity index (χ0n) is 9.97. The number of rotatable bonds is 4. The lowest BCUT2D eigenvalue weighted by molar-refractivity contribution is 0.511. The Labute approximate surface area is 101 Å². The molecular formula is C13H20BrN. The van der Waals surface area contributed by atoms with Crippen molar-refractivity contribution in [2.45, 2.75) is 40.2 Å². The molecule has 0 fully saturated rings. The predicted octanol–water partition coefficient (Wildman–Crippen LogP) is 4.60. The predicted molar refractivity (Wildman–Crippen MR) is 71.4 cm³/mol. The monoisotopic (exact) mass is 269 g/mol. The SMILES string of the molecule is CCC(Nc1cc(Br)ccc1C)C(C)C. The minimum atomic E-state index is 0.554. The van der Waals surface area contributed by atoms with Crippen LogP contribution >= 0.6 is 15.9 Å². The molecule has 1 aromatic carbocycles. The highest BCUT2D eigenvalue weighted by molar-refractivity contribution is 9.10. The van der Waals surface area contributed by atoms with Crippen molar-refractivity contribution in [1.82, 2.24) is 0 Å². The Kier molecular flexibility index (Phi) is 4.65. The third kappa shape index (κ3) is 3.53. The molecule has 0 aliphatic heterocycles. The van der Waals surface area contributed by atoms with Crippen molar-refractivity contribution in [2.75, 3.05) is 5.32 Å². The van der Waals surface area contributed by atoms with Crippen molar-refractivity contribution in [2.24, 2.45) is 5.92 Å². The van der Waals surface area contributed by atoms with Gasteiger partial charge in [0.25, 0.3) is 0 Å². The van der Waals surface area contributed by atoms with Crippen LogP contribution in [0.4, 0.5) is 5.69 Å². The van der Waals surface area contributed by atoms with Gasteiger partial charge in [0.1, 0.15) is 0 Å². The van der Waals surface area contributed by atoms with E-state index >= 15 is 0 Å². The molecule has 15 heavy (non-hydrogen) atoms. The van der Waals surface area contributed by atoms with E-state index in [-0.39, 0.29) is 0 Å². The van der Waals surface area contributed by atoms with E-state index in [1.165, 1.54) is 11.3 Å². The second-order valence-corrected chi connectivity index (χ2v) is 5.28. The molecule has 0 aliphatic carbocycles. The summed E-state index contributed by atoms with van der Waals surface area (Å²) in [6.07, 6.45) is 1.16. The zero-order valence-corrected chi connectivity index (χ0v) is 11.6. The highest BCUT2D eigenvalue weighted by Crippen LogP contribution is 2.23. The summed E-state index contributed by atoms with van der Waals surface area (Å²) in [7, 11) is 0. The maximum atomic E-state index is 3.61. The van der Waals surface area contributed by atoms with Crippen LogP contribution in [0.15, 0.2) is 22.7 Å². The molecular weight excluding hydrogens is 250 g/mol. The molecule has 0 saturated heterocycles. The fourth-order valence-electron chi connectivity index (χ4n) is 1.69. The molecule has 0 aliphatic rings. The maximum absolute atomic E-state index is 3.61. The number of hydrogen-bond acceptors (Lipinski definition) is 1. The average Bonchev–Trinajstić information content (AvgIpc) is 2.18. The van der Waals surface area contributed by atoms with Crippen molar-refractivity contribution in [3.8, 4) is 0 Å². The molecule has 0 radical (unpaired) electrons. The summed E-state index contributed by atoms with van der Waals surface area (Å²) >= 11 is 3.51. The van der Waals surface area contributed by atoms with Crippen LogP contribution in [0.2, 0.25) is 0 Å². The van der Waals surface area contributed by atoms with Crippen molar-refractivity contribution in [3.63, 3.8) is 0 Å². The summed E-state index contributed by atoms with van der Waals surface area (Å²) in [5.74, 6) is 0.661. The largest absolute Gasteiger partial charge is 0.382 e. The van der Waals surface area contributed by atoms with Crippen molar-refractivity contribution >= 4 is 21.6 Å². The highest BCUT2D eigenvalue weighted by Gasteiger charge is 2.11. The van der Waals surface area contributed by atoms with Gasteiger partial charge >= 0.3 is 0 Å². The first-order valence-electron chi connectivity index (χ1n) is 5.57. The molecule has 0 bridgehead atoms. The van der Waals surface area contributed by atoms with E-state index in [9.17, 15) is 0 Å². The molecule has 0 heterocycles. The normalized spacial score (nSPS) is 12.9. The van der Waals surface area contributed by atoms with Crippen LogP contribution in [0, 0.1) is 12.8 Å². The second kappa shape index (κ2) is 5.55. The van der Waals surface area contributed by atoms with Crippen LogP contribution in [-0.4, -0.2) is 6.04 Å². The zero-order chi connectivity index (χ0) is 11.4. The van der Waals surface area contributed by atoms with Gasteiger partial charge in [0, 0.05) is 16.2 Å². The van der Waals surface area contributed by atoms with E-state index in [4.69, 9.17) is 0 Å². The van der Waals surface area contributed by atoms with Gasteiger partial charge in [-0.05, 0) is 37.0 Å². The van der Waals surface area contributed by atoms with Crippen molar-refractivity contribution in [1.29, 1.82) is 0 Å². The van der Waals surface area contributed by atoms with Gasteiger partial charge in [-0.25, -0.2) is 0 Å². The Morgan fingerprint density at radius 3 is 2.53 bits per heavy atom. The third-order valence-corrected chi connectivity index (χ3v) is 3.28. The Morgan fingerprint density at radius 1 is 1.33 bits per heavy atom. The Bertz CT molecular complexity index is 320. The maximum Gasteiger partial charge on any atom is 0.0383 e. The molecule has 0 amide bonds. The quantitative estimate of drug-likeness (QED) is 0.842. The van der Waals surface area contributed by atoms with Crippen LogP contribution < -0.4 is 5.32 Å². The minimum Gasteiger partial charge on any atom is -0.382 e. The van der Waals surface area contributed by atoms with E-state index in [1.54, 1.807) is 0 Å². The molecule has 1 N–H and O–H groups in total. The first kappa shape index (κ1) is 12.6. The van der Waals surface area contributed by atoms with E-state index in [1.807, 2.05) is 0 Å². The topological polar surface area (TPSA) is 12.0 Å². The summed E-state index contributed by atoms with van der Waals surface area (Å²) in [6.45, 7) is 8.88. The summed E-state index contributed by atoms with van der Waals surface area (Å²) in [5.41, 5.74) is 2.54. The molecule has 1 unspecified atom stereocenters. The van der Waals surface area contributed by atoms with Gasteiger partial charge in [-0.3, -0.25) is 0 Å². The first-order valence-corrected chi connectivity index (χ1v) is 6.36. The van der Waals surface area contributed by atoms with Gasteiger partial charge in [-0.1, -0.05) is 42.8 Å². The average molecular weight is 270 g/mol. The van der Waals surface area contributed by atoms with Crippen LogP contribution in [0.25, 0.3) is 0 Å². The minimum absolute atomic E-state index is 0.554. The molecule has 1 nitrogen and oxygen atoms in total. The molecule has 0 saturated carbocycles. The van der Waals surface area contributed by atoms with Gasteiger partial charge < -0.3 is 5.32 Å². The summed E-state index contributed by atoms with van der Waals surface area (Å²) < 4.78 is 1.13. The lowest BCUT2D eigenvalue weighted by Gasteiger charge is -2.23. The Morgan fingerprint density at radius 2 is 2.00 bits per heavy atom. The molecule has 1 rings (SSSR count). The van der Waals surface area contributed by atoms with Crippen LogP contribution in [0.3, 0.4) is 0 Å². The molecule has 1 aromatic rings. The third-order valence-electron chi connectivity index (χ3n) is 2.79. The number of nitrogens with one attached hydrogen (secondary N) is 1. The lowest BCUT2D eigenvalue weighted by Crippen LogP contribution is -2.24.